The summed E-state index contributed by atoms with van der Waals surface area (Å²) in [5.74, 6) is -1.85. The summed E-state index contributed by atoms with van der Waals surface area (Å²) >= 11 is 0. The van der Waals surface area contributed by atoms with Gasteiger partial charge in [0.25, 0.3) is 0 Å². The summed E-state index contributed by atoms with van der Waals surface area (Å²) in [4.78, 5) is 0. The molecule has 0 radical (unpaired) electrons. The second-order valence-corrected chi connectivity index (χ2v) is 4.72. The van der Waals surface area contributed by atoms with Crippen LogP contribution in [0, 0.1) is 11.6 Å². The Morgan fingerprint density at radius 1 is 1.00 bits per heavy atom. The molecule has 1 aromatic heterocycles. The van der Waals surface area contributed by atoms with Crippen molar-refractivity contribution < 1.29 is 8.78 Å². The highest BCUT2D eigenvalue weighted by Gasteiger charge is 2.15. The molecular weight excluding hydrogens is 272 g/mol. The Bertz CT molecular complexity index is 766. The maximum Gasteiger partial charge on any atom is 0.168 e. The average Bonchev–Trinajstić information content (AvgIpc) is 2.83. The fourth-order valence-corrected chi connectivity index (χ4v) is 2.18. The molecule has 2 N–H and O–H groups in total. The Labute approximate surface area is 120 Å². The average molecular weight is 285 g/mol. The second-order valence-electron chi connectivity index (χ2n) is 4.72. The maximum atomic E-state index is 13.8. The van der Waals surface area contributed by atoms with Crippen molar-refractivity contribution in [2.45, 2.75) is 6.54 Å². The van der Waals surface area contributed by atoms with E-state index in [0.29, 0.717) is 12.2 Å². The molecule has 0 saturated heterocycles. The number of rotatable bonds is 3. The van der Waals surface area contributed by atoms with Crippen molar-refractivity contribution in [3.8, 4) is 11.3 Å². The van der Waals surface area contributed by atoms with Gasteiger partial charge >= 0.3 is 0 Å². The lowest BCUT2D eigenvalue weighted by Gasteiger charge is -2.02. The number of anilines is 1. The van der Waals surface area contributed by atoms with E-state index < -0.39 is 11.6 Å². The maximum absolute atomic E-state index is 13.8. The molecule has 2 aromatic carbocycles. The molecule has 0 aliphatic rings. The van der Waals surface area contributed by atoms with Gasteiger partial charge in [-0.15, -0.1) is 0 Å². The standard InChI is InChI=1S/C16H13F2N3/c17-13-8-4-7-12(15(13)18)16-14(19)10-21(20-16)9-11-5-2-1-3-6-11/h1-8,10H,9,19H2. The van der Waals surface area contributed by atoms with Crippen LogP contribution in [-0.4, -0.2) is 9.78 Å². The lowest BCUT2D eigenvalue weighted by atomic mass is 10.1. The van der Waals surface area contributed by atoms with Crippen LogP contribution in [0.3, 0.4) is 0 Å². The number of benzene rings is 2. The third-order valence-corrected chi connectivity index (χ3v) is 3.18. The van der Waals surface area contributed by atoms with Crippen LogP contribution in [0.15, 0.2) is 54.7 Å². The van der Waals surface area contributed by atoms with Gasteiger partial charge in [0.1, 0.15) is 5.69 Å². The molecule has 5 heteroatoms. The molecule has 0 fully saturated rings. The van der Waals surface area contributed by atoms with Crippen LogP contribution < -0.4 is 5.73 Å². The molecule has 21 heavy (non-hydrogen) atoms. The van der Waals surface area contributed by atoms with Gasteiger partial charge < -0.3 is 5.73 Å². The number of hydrogen-bond donors (Lipinski definition) is 1. The van der Waals surface area contributed by atoms with Crippen LogP contribution in [0.25, 0.3) is 11.3 Å². The monoisotopic (exact) mass is 285 g/mol. The summed E-state index contributed by atoms with van der Waals surface area (Å²) in [6.45, 7) is 0.516. The van der Waals surface area contributed by atoms with E-state index in [1.54, 1.807) is 10.9 Å². The molecule has 106 valence electrons. The van der Waals surface area contributed by atoms with Gasteiger partial charge in [0.2, 0.25) is 0 Å². The highest BCUT2D eigenvalue weighted by atomic mass is 19.2. The number of aromatic nitrogens is 2. The van der Waals surface area contributed by atoms with Gasteiger partial charge in [-0.25, -0.2) is 8.78 Å². The molecule has 3 nitrogen and oxygen atoms in total. The van der Waals surface area contributed by atoms with Crippen molar-refractivity contribution >= 4 is 5.69 Å². The summed E-state index contributed by atoms with van der Waals surface area (Å²) in [6.07, 6.45) is 1.62. The van der Waals surface area contributed by atoms with E-state index in [9.17, 15) is 8.78 Å². The molecule has 0 aliphatic carbocycles. The quantitative estimate of drug-likeness (QED) is 0.801. The third kappa shape index (κ3) is 2.63. The Kier molecular flexibility index (Phi) is 3.39. The van der Waals surface area contributed by atoms with E-state index >= 15 is 0 Å². The van der Waals surface area contributed by atoms with Crippen LogP contribution >= 0.6 is 0 Å². The third-order valence-electron chi connectivity index (χ3n) is 3.18. The van der Waals surface area contributed by atoms with Gasteiger partial charge in [0.15, 0.2) is 11.6 Å². The first kappa shape index (κ1) is 13.3. The van der Waals surface area contributed by atoms with E-state index in [0.717, 1.165) is 11.6 Å². The van der Waals surface area contributed by atoms with Crippen molar-refractivity contribution in [1.82, 2.24) is 9.78 Å². The Morgan fingerprint density at radius 3 is 2.52 bits per heavy atom. The number of nitrogen functional groups attached to an aromatic ring is 1. The SMILES string of the molecule is Nc1cn(Cc2ccccc2)nc1-c1cccc(F)c1F. The molecule has 0 amide bonds. The highest BCUT2D eigenvalue weighted by molar-refractivity contribution is 5.72. The first-order chi connectivity index (χ1) is 10.1. The summed E-state index contributed by atoms with van der Waals surface area (Å²) in [7, 11) is 0. The second kappa shape index (κ2) is 5.36. The van der Waals surface area contributed by atoms with Crippen LogP contribution in [0.4, 0.5) is 14.5 Å². The lowest BCUT2D eigenvalue weighted by Crippen LogP contribution is -2.00. The van der Waals surface area contributed by atoms with Crippen molar-refractivity contribution in [3.05, 3.63) is 71.9 Å². The normalized spacial score (nSPS) is 10.8. The lowest BCUT2D eigenvalue weighted by molar-refractivity contribution is 0.510. The van der Waals surface area contributed by atoms with E-state index in [2.05, 4.69) is 5.10 Å². The molecule has 3 aromatic rings. The van der Waals surface area contributed by atoms with Crippen molar-refractivity contribution in [2.24, 2.45) is 0 Å². The predicted molar refractivity (Wildman–Crippen MR) is 77.5 cm³/mol. The van der Waals surface area contributed by atoms with Gasteiger partial charge in [-0.2, -0.15) is 5.10 Å². The number of nitrogens with zero attached hydrogens (tertiary/aromatic N) is 2. The minimum absolute atomic E-state index is 0.0688. The summed E-state index contributed by atoms with van der Waals surface area (Å²) in [5.41, 5.74) is 7.56. The van der Waals surface area contributed by atoms with Gasteiger partial charge in [-0.05, 0) is 17.7 Å². The van der Waals surface area contributed by atoms with Gasteiger partial charge in [0, 0.05) is 11.8 Å². The van der Waals surface area contributed by atoms with E-state index in [4.69, 9.17) is 5.73 Å². The van der Waals surface area contributed by atoms with Crippen molar-refractivity contribution in [3.63, 3.8) is 0 Å². The molecular formula is C16H13F2N3. The Hall–Kier alpha value is -2.69. The zero-order valence-electron chi connectivity index (χ0n) is 11.1. The fourth-order valence-electron chi connectivity index (χ4n) is 2.18. The molecule has 0 atom stereocenters. The number of nitrogens with two attached hydrogens (primary N) is 1. The Morgan fingerprint density at radius 2 is 1.76 bits per heavy atom. The topological polar surface area (TPSA) is 43.8 Å². The Balaban J connectivity index is 1.97. The molecule has 0 bridgehead atoms. The first-order valence-electron chi connectivity index (χ1n) is 6.46. The molecule has 0 unspecified atom stereocenters. The predicted octanol–water partition coefficient (Wildman–Crippen LogP) is 3.46. The minimum Gasteiger partial charge on any atom is -0.396 e. The first-order valence-corrected chi connectivity index (χ1v) is 6.46. The number of hydrogen-bond acceptors (Lipinski definition) is 2. The highest BCUT2D eigenvalue weighted by Crippen LogP contribution is 2.27. The largest absolute Gasteiger partial charge is 0.396 e. The van der Waals surface area contributed by atoms with Crippen molar-refractivity contribution in [1.29, 1.82) is 0 Å². The van der Waals surface area contributed by atoms with E-state index in [1.165, 1.54) is 12.1 Å². The van der Waals surface area contributed by atoms with Crippen molar-refractivity contribution in [2.75, 3.05) is 5.73 Å². The van der Waals surface area contributed by atoms with Crippen LogP contribution in [0.2, 0.25) is 0 Å². The van der Waals surface area contributed by atoms with E-state index in [-0.39, 0.29) is 11.3 Å². The van der Waals surface area contributed by atoms with Crippen LogP contribution in [0.1, 0.15) is 5.56 Å². The van der Waals surface area contributed by atoms with E-state index in [1.807, 2.05) is 30.3 Å². The molecule has 0 aliphatic heterocycles. The number of halogens is 2. The zero-order valence-corrected chi connectivity index (χ0v) is 11.1. The zero-order chi connectivity index (χ0) is 14.8. The minimum atomic E-state index is -0.936. The van der Waals surface area contributed by atoms with Gasteiger partial charge in [0.05, 0.1) is 12.2 Å². The molecule has 0 saturated carbocycles. The fraction of sp³-hybridized carbons (Fsp3) is 0.0625. The molecule has 0 spiro atoms. The van der Waals surface area contributed by atoms with Crippen LogP contribution in [0.5, 0.6) is 0 Å². The molecule has 1 heterocycles. The smallest absolute Gasteiger partial charge is 0.168 e. The van der Waals surface area contributed by atoms with Gasteiger partial charge in [-0.1, -0.05) is 36.4 Å². The van der Waals surface area contributed by atoms with Crippen LogP contribution in [-0.2, 0) is 6.54 Å². The molecule has 3 rings (SSSR count). The summed E-state index contributed by atoms with van der Waals surface area (Å²) in [5, 5.41) is 4.26. The summed E-state index contributed by atoms with van der Waals surface area (Å²) in [6, 6.07) is 13.7. The summed E-state index contributed by atoms with van der Waals surface area (Å²) < 4.78 is 28.7. The van der Waals surface area contributed by atoms with Gasteiger partial charge in [-0.3, -0.25) is 4.68 Å².